The van der Waals surface area contributed by atoms with Crippen molar-refractivity contribution in [3.63, 3.8) is 0 Å². The topological polar surface area (TPSA) is 362 Å². The summed E-state index contributed by atoms with van der Waals surface area (Å²) < 4.78 is 42.2. The van der Waals surface area contributed by atoms with Gasteiger partial charge in [0.05, 0.1) is 44.1 Å². The second kappa shape index (κ2) is 20.7. The number of rotatable bonds is 13. The van der Waals surface area contributed by atoms with Gasteiger partial charge < -0.3 is 99.5 Å². The molecule has 4 saturated carbocycles. The second-order valence-electron chi connectivity index (χ2n) is 24.5. The maximum atomic E-state index is 13.1. The molecule has 0 aromatic rings. The number of carbonyl (C=O) groups is 2. The lowest BCUT2D eigenvalue weighted by atomic mass is 9.33. The first-order valence-electron chi connectivity index (χ1n) is 26.2. The summed E-state index contributed by atoms with van der Waals surface area (Å²) in [7, 11) is 0. The monoisotopic (exact) mass is 1060 g/mol. The molecule has 0 bridgehead atoms. The summed E-state index contributed by atoms with van der Waals surface area (Å²) in [6.07, 6.45) is -23.2. The zero-order valence-electron chi connectivity index (χ0n) is 43.5. The van der Waals surface area contributed by atoms with E-state index in [0.717, 1.165) is 5.57 Å². The van der Waals surface area contributed by atoms with Gasteiger partial charge in [-0.05, 0) is 92.8 Å². The van der Waals surface area contributed by atoms with E-state index in [1.807, 2.05) is 20.8 Å². The van der Waals surface area contributed by atoms with E-state index in [9.17, 15) is 76.0 Å². The summed E-state index contributed by atoms with van der Waals surface area (Å²) in [5, 5.41) is 144. The minimum absolute atomic E-state index is 0.0457. The number of aliphatic hydroxyl groups is 12. The maximum Gasteiger partial charge on any atom is 0.335 e. The molecule has 3 saturated heterocycles. The van der Waals surface area contributed by atoms with Crippen LogP contribution >= 0.6 is 0 Å². The van der Waals surface area contributed by atoms with Gasteiger partial charge in [0.2, 0.25) is 0 Å². The van der Waals surface area contributed by atoms with Crippen LogP contribution in [0.3, 0.4) is 0 Å². The number of aliphatic carboxylic acids is 1. The van der Waals surface area contributed by atoms with Crippen LogP contribution < -0.4 is 0 Å². The molecule has 3 heterocycles. The molecule has 7 fully saturated rings. The Morgan fingerprint density at radius 1 is 0.703 bits per heavy atom. The third-order valence-electron chi connectivity index (χ3n) is 20.4. The van der Waals surface area contributed by atoms with Crippen molar-refractivity contribution in [1.29, 1.82) is 0 Å². The summed E-state index contributed by atoms with van der Waals surface area (Å²) in [5.74, 6) is -3.04. The van der Waals surface area contributed by atoms with Crippen LogP contribution in [0.15, 0.2) is 23.3 Å². The number of fused-ring (bicyclic) bond motifs is 7. The first kappa shape index (κ1) is 57.9. The first-order chi connectivity index (χ1) is 34.6. The van der Waals surface area contributed by atoms with Crippen molar-refractivity contribution < 1.29 is 109 Å². The van der Waals surface area contributed by atoms with Crippen LogP contribution in [-0.2, 0) is 42.7 Å². The van der Waals surface area contributed by atoms with E-state index in [-0.39, 0.29) is 24.7 Å². The fourth-order valence-corrected chi connectivity index (χ4v) is 15.7. The van der Waals surface area contributed by atoms with Gasteiger partial charge in [0, 0.05) is 16.4 Å². The van der Waals surface area contributed by atoms with Gasteiger partial charge in [0.15, 0.2) is 25.0 Å². The van der Waals surface area contributed by atoms with Crippen LogP contribution in [0.5, 0.6) is 0 Å². The lowest BCUT2D eigenvalue weighted by Crippen LogP contribution is -2.72. The maximum absolute atomic E-state index is 13.1. The molecule has 22 nitrogen and oxygen atoms in total. The summed E-state index contributed by atoms with van der Waals surface area (Å²) >= 11 is 0. The largest absolute Gasteiger partial charge is 0.479 e. The van der Waals surface area contributed by atoms with Crippen LogP contribution in [-0.4, -0.2) is 215 Å². The Morgan fingerprint density at radius 3 is 1.86 bits per heavy atom. The molecule has 5 aliphatic carbocycles. The Kier molecular flexibility index (Phi) is 16.2. The molecule has 0 aromatic heterocycles. The van der Waals surface area contributed by atoms with Crippen LogP contribution in [0.4, 0.5) is 0 Å². The van der Waals surface area contributed by atoms with E-state index in [0.29, 0.717) is 37.7 Å². The summed E-state index contributed by atoms with van der Waals surface area (Å²) in [4.78, 5) is 26.0. The van der Waals surface area contributed by atoms with Gasteiger partial charge in [-0.15, -0.1) is 0 Å². The van der Waals surface area contributed by atoms with Gasteiger partial charge in [-0.25, -0.2) is 9.59 Å². The fourth-order valence-electron chi connectivity index (χ4n) is 15.7. The molecule has 3 aliphatic heterocycles. The second-order valence-corrected chi connectivity index (χ2v) is 24.5. The van der Waals surface area contributed by atoms with Crippen molar-refractivity contribution in [2.45, 2.75) is 211 Å². The van der Waals surface area contributed by atoms with Crippen LogP contribution in [0, 0.1) is 50.2 Å². The molecule has 0 aromatic carbocycles. The van der Waals surface area contributed by atoms with Crippen molar-refractivity contribution in [2.75, 3.05) is 26.4 Å². The molecule has 74 heavy (non-hydrogen) atoms. The zero-order chi connectivity index (χ0) is 54.6. The van der Waals surface area contributed by atoms with Crippen molar-refractivity contribution in [2.24, 2.45) is 50.2 Å². The lowest BCUT2D eigenvalue weighted by molar-refractivity contribution is -0.387. The molecule has 13 N–H and O–H groups in total. The number of hydrogen-bond acceptors (Lipinski definition) is 21. The van der Waals surface area contributed by atoms with E-state index in [1.165, 1.54) is 0 Å². The smallest absolute Gasteiger partial charge is 0.335 e. The van der Waals surface area contributed by atoms with Gasteiger partial charge >= 0.3 is 11.9 Å². The molecule has 22 heteroatoms. The fraction of sp³-hybridized carbons (Fsp3) is 0.885. The van der Waals surface area contributed by atoms with Crippen LogP contribution in [0.1, 0.15) is 100 Å². The van der Waals surface area contributed by atoms with Gasteiger partial charge in [-0.1, -0.05) is 59.3 Å². The van der Waals surface area contributed by atoms with Crippen molar-refractivity contribution in [3.05, 3.63) is 23.3 Å². The standard InChI is InChI=1S/C52H82O22/c1-9-22(2)43(67)74-41-40(64)52(21-56)24(16-47(41,3)4)23-10-11-28-48(5)14-13-30(49(6,20-55)27(48)12-15-50(28,7)51(23,8)17-29(52)57)70-46-39(73-45-35(62)33(60)31(58)25(18-53)68-45)37(36(63)38(72-46)42(65)66)71-44-34(61)32(59)26(19-54)69-44/h9-10,24-41,44-46,53-64H,11-21H2,1-8H3,(H,65,66). The molecule has 26 atom stereocenters. The molecule has 422 valence electrons. The molecular formula is C52H82O22. The third kappa shape index (κ3) is 8.77. The minimum atomic E-state index is -2.14. The molecule has 26 unspecified atom stereocenters. The van der Waals surface area contributed by atoms with Gasteiger partial charge in [-0.3, -0.25) is 0 Å². The Labute approximate surface area is 430 Å². The van der Waals surface area contributed by atoms with E-state index < -0.39 is 187 Å². The molecular weight excluding hydrogens is 977 g/mol. The molecule has 8 rings (SSSR count). The van der Waals surface area contributed by atoms with Crippen LogP contribution in [0.25, 0.3) is 0 Å². The Morgan fingerprint density at radius 2 is 1.30 bits per heavy atom. The van der Waals surface area contributed by atoms with E-state index in [2.05, 4.69) is 26.8 Å². The summed E-state index contributed by atoms with van der Waals surface area (Å²) in [5.41, 5.74) is -3.50. The number of carboxylic acid groups (broad SMARTS) is 1. The molecule has 8 aliphatic rings. The first-order valence-corrected chi connectivity index (χ1v) is 26.2. The van der Waals surface area contributed by atoms with Gasteiger partial charge in [0.25, 0.3) is 0 Å². The zero-order valence-corrected chi connectivity index (χ0v) is 43.5. The average molecular weight is 1060 g/mol. The highest BCUT2D eigenvalue weighted by Gasteiger charge is 2.73. The van der Waals surface area contributed by atoms with Crippen molar-refractivity contribution >= 4 is 11.9 Å². The van der Waals surface area contributed by atoms with Gasteiger partial charge in [-0.2, -0.15) is 0 Å². The minimum Gasteiger partial charge on any atom is -0.479 e. The molecule has 0 spiro atoms. The third-order valence-corrected chi connectivity index (χ3v) is 20.4. The quantitative estimate of drug-likeness (QED) is 0.0443. The van der Waals surface area contributed by atoms with Crippen molar-refractivity contribution in [1.82, 2.24) is 0 Å². The summed E-state index contributed by atoms with van der Waals surface area (Å²) in [6.45, 7) is 13.1. The van der Waals surface area contributed by atoms with E-state index in [4.69, 9.17) is 33.2 Å². The van der Waals surface area contributed by atoms with Crippen molar-refractivity contribution in [3.8, 4) is 0 Å². The Hall–Kier alpha value is -2.30. The number of carboxylic acids is 1. The lowest BCUT2D eigenvalue weighted by Gasteiger charge is -2.72. The predicted octanol–water partition coefficient (Wildman–Crippen LogP) is -1.25. The number of aliphatic hydroxyl groups excluding tert-OH is 12. The van der Waals surface area contributed by atoms with E-state index in [1.54, 1.807) is 19.9 Å². The highest BCUT2D eigenvalue weighted by atomic mass is 16.8. The highest BCUT2D eigenvalue weighted by Crippen LogP contribution is 2.76. The number of allylic oxidation sites excluding steroid dienone is 3. The number of ether oxygens (including phenoxy) is 7. The van der Waals surface area contributed by atoms with Crippen LogP contribution in [0.2, 0.25) is 0 Å². The molecule has 0 amide bonds. The highest BCUT2D eigenvalue weighted by molar-refractivity contribution is 5.87. The molecule has 0 radical (unpaired) electrons. The average Bonchev–Trinajstić information content (AvgIpc) is 3.62. The Balaban J connectivity index is 1.12. The van der Waals surface area contributed by atoms with E-state index >= 15 is 0 Å². The Bertz CT molecular complexity index is 2120. The normalized spacial score (nSPS) is 52.2. The number of hydrogen-bond donors (Lipinski definition) is 13. The number of carbonyl (C=O) groups excluding carboxylic acids is 1. The van der Waals surface area contributed by atoms with Gasteiger partial charge in [0.1, 0.15) is 73.2 Å². The summed E-state index contributed by atoms with van der Waals surface area (Å²) in [6, 6.07) is 0. The SMILES string of the molecule is CC=C(C)C(=O)OC1C(O)C2(CO)C(O)CC3(C)C(=CCC4C5(C)CCC(OC6OC(C(=O)O)C(O)C(OC7OC(CO)C(O)C7O)C6OC6OC(CO)C(O)C(O)C6O)C(C)(CO)C5CCC43C)C2CC1(C)C. The number of esters is 1. The predicted molar refractivity (Wildman–Crippen MR) is 253 cm³/mol.